The highest BCUT2D eigenvalue weighted by atomic mass is 32.1. The Balaban J connectivity index is 1.66. The zero-order valence-electron chi connectivity index (χ0n) is 14.3. The van der Waals surface area contributed by atoms with Gasteiger partial charge in [0.25, 0.3) is 0 Å². The third-order valence-corrected chi connectivity index (χ3v) is 5.68. The monoisotopic (exact) mass is 394 g/mol. The van der Waals surface area contributed by atoms with Crippen molar-refractivity contribution >= 4 is 44.4 Å². The molecule has 0 saturated carbocycles. The highest BCUT2D eigenvalue weighted by molar-refractivity contribution is 7.22. The van der Waals surface area contributed by atoms with Crippen LogP contribution in [0.1, 0.15) is 6.42 Å². The minimum Gasteiger partial charge on any atom is -0.465 e. The molecule has 12 heteroatoms. The van der Waals surface area contributed by atoms with Crippen LogP contribution in [-0.4, -0.2) is 71.5 Å². The number of nitro groups is 1. The van der Waals surface area contributed by atoms with Crippen LogP contribution >= 0.6 is 11.3 Å². The maximum Gasteiger partial charge on any atom is 0.404 e. The Labute approximate surface area is 157 Å². The van der Waals surface area contributed by atoms with Gasteiger partial charge in [0.05, 0.1) is 28.9 Å². The number of nitrogens with zero attached hydrogens (tertiary/aromatic N) is 5. The van der Waals surface area contributed by atoms with E-state index in [4.69, 9.17) is 9.84 Å². The van der Waals surface area contributed by atoms with Crippen molar-refractivity contribution in [3.63, 3.8) is 0 Å². The highest BCUT2D eigenvalue weighted by Crippen LogP contribution is 2.36. The average molecular weight is 394 g/mol. The normalized spacial score (nSPS) is 20.2. The van der Waals surface area contributed by atoms with E-state index >= 15 is 0 Å². The number of ether oxygens (including phenoxy) is 1. The second-order valence-electron chi connectivity index (χ2n) is 6.39. The molecule has 1 unspecified atom stereocenters. The number of hydrogen-bond donors (Lipinski definition) is 2. The van der Waals surface area contributed by atoms with Gasteiger partial charge in [-0.3, -0.25) is 10.1 Å². The Bertz CT molecular complexity index is 883. The Morgan fingerprint density at radius 1 is 1.33 bits per heavy atom. The minimum atomic E-state index is -1.10. The van der Waals surface area contributed by atoms with Gasteiger partial charge in [0.15, 0.2) is 10.8 Å². The van der Waals surface area contributed by atoms with Crippen LogP contribution in [0.5, 0.6) is 0 Å². The molecule has 1 atom stereocenters. The van der Waals surface area contributed by atoms with Gasteiger partial charge in [0, 0.05) is 32.2 Å². The first-order chi connectivity index (χ1) is 13.0. The summed E-state index contributed by atoms with van der Waals surface area (Å²) < 4.78 is 6.00. The summed E-state index contributed by atoms with van der Waals surface area (Å²) in [5.74, 6) is 0.237. The van der Waals surface area contributed by atoms with Gasteiger partial charge in [-0.25, -0.2) is 9.78 Å². The van der Waals surface area contributed by atoms with Gasteiger partial charge in [-0.1, -0.05) is 11.3 Å². The fraction of sp³-hybridized carbons (Fsp3) is 0.533. The van der Waals surface area contributed by atoms with E-state index in [1.54, 1.807) is 4.90 Å². The van der Waals surface area contributed by atoms with Gasteiger partial charge in [-0.2, -0.15) is 4.98 Å². The molecule has 2 aliphatic heterocycles. The van der Waals surface area contributed by atoms with Crippen molar-refractivity contribution in [1.29, 1.82) is 0 Å². The van der Waals surface area contributed by atoms with E-state index < -0.39 is 11.0 Å². The van der Waals surface area contributed by atoms with Gasteiger partial charge in [0.1, 0.15) is 0 Å². The topological polar surface area (TPSA) is 134 Å². The van der Waals surface area contributed by atoms with Crippen molar-refractivity contribution in [2.45, 2.75) is 12.5 Å². The van der Waals surface area contributed by atoms with Crippen LogP contribution in [-0.2, 0) is 4.74 Å². The zero-order chi connectivity index (χ0) is 19.0. The van der Waals surface area contributed by atoms with Gasteiger partial charge < -0.3 is 25.0 Å². The number of hydrogen-bond acceptors (Lipinski definition) is 9. The van der Waals surface area contributed by atoms with Gasteiger partial charge in [-0.15, -0.1) is 0 Å². The Morgan fingerprint density at radius 2 is 2.11 bits per heavy atom. The molecule has 11 nitrogen and oxygen atoms in total. The van der Waals surface area contributed by atoms with E-state index in [9.17, 15) is 14.9 Å². The maximum absolute atomic E-state index is 11.6. The minimum absolute atomic E-state index is 0.0874. The number of nitrogens with one attached hydrogen (secondary N) is 1. The third-order valence-electron chi connectivity index (χ3n) is 4.63. The summed E-state index contributed by atoms with van der Waals surface area (Å²) >= 11 is 1.38. The molecule has 0 aliphatic carbocycles. The molecule has 1 amide bonds. The molecule has 2 aromatic rings. The molecule has 0 radical (unpaired) electrons. The number of carboxylic acid groups (broad SMARTS) is 1. The van der Waals surface area contributed by atoms with Crippen molar-refractivity contribution in [3.8, 4) is 0 Å². The smallest absolute Gasteiger partial charge is 0.404 e. The predicted molar refractivity (Wildman–Crippen MR) is 98.9 cm³/mol. The second-order valence-corrected chi connectivity index (χ2v) is 7.40. The molecule has 144 valence electrons. The summed E-state index contributed by atoms with van der Waals surface area (Å²) in [5.41, 5.74) is 0.382. The first kappa shape index (κ1) is 17.7. The number of aromatic nitrogens is 2. The van der Waals surface area contributed by atoms with Gasteiger partial charge >= 0.3 is 11.8 Å². The fourth-order valence-corrected chi connectivity index (χ4v) is 4.33. The maximum atomic E-state index is 11.6. The molecule has 2 aromatic heterocycles. The highest BCUT2D eigenvalue weighted by Gasteiger charge is 2.31. The van der Waals surface area contributed by atoms with Crippen molar-refractivity contribution < 1.29 is 19.6 Å². The second kappa shape index (κ2) is 7.12. The SMILES string of the molecule is O=C(O)NC1CCN(c2nc3nc(N4CCOCC4)sc3cc2[N+](=O)[O-])C1. The van der Waals surface area contributed by atoms with E-state index in [0.29, 0.717) is 43.1 Å². The van der Waals surface area contributed by atoms with E-state index in [0.717, 1.165) is 18.2 Å². The average Bonchev–Trinajstić information content (AvgIpc) is 3.27. The van der Waals surface area contributed by atoms with Crippen molar-refractivity contribution in [2.24, 2.45) is 0 Å². The molecule has 4 heterocycles. The number of pyridine rings is 1. The molecule has 2 aliphatic rings. The number of carbonyl (C=O) groups is 1. The summed E-state index contributed by atoms with van der Waals surface area (Å²) in [6, 6.07) is 1.23. The Hall–Kier alpha value is -2.73. The third kappa shape index (κ3) is 3.57. The molecule has 4 rings (SSSR count). The van der Waals surface area contributed by atoms with Crippen LogP contribution < -0.4 is 15.1 Å². The lowest BCUT2D eigenvalue weighted by molar-refractivity contribution is -0.384. The standard InChI is InChI=1S/C15H18N6O5S/c22-15(23)16-9-1-2-20(8-9)13-10(21(24)25)7-11-12(17-13)18-14(27-11)19-3-5-26-6-4-19/h7,9,16H,1-6,8H2,(H,22,23). The van der Waals surface area contributed by atoms with Crippen molar-refractivity contribution in [3.05, 3.63) is 16.2 Å². The molecule has 2 fully saturated rings. The number of rotatable bonds is 4. The number of thiazole rings is 1. The van der Waals surface area contributed by atoms with Gasteiger partial charge in [0.2, 0.25) is 5.82 Å². The number of anilines is 2. The molecular weight excluding hydrogens is 376 g/mol. The molecule has 0 spiro atoms. The van der Waals surface area contributed by atoms with Gasteiger partial charge in [-0.05, 0) is 6.42 Å². The molecule has 27 heavy (non-hydrogen) atoms. The van der Waals surface area contributed by atoms with Crippen LogP contribution in [0, 0.1) is 10.1 Å². The molecule has 2 N–H and O–H groups in total. The van der Waals surface area contributed by atoms with E-state index in [-0.39, 0.29) is 17.5 Å². The molecule has 2 saturated heterocycles. The summed E-state index contributed by atoms with van der Waals surface area (Å²) in [4.78, 5) is 34.8. The van der Waals surface area contributed by atoms with Crippen molar-refractivity contribution in [2.75, 3.05) is 49.2 Å². The number of amides is 1. The van der Waals surface area contributed by atoms with Crippen LogP contribution in [0.25, 0.3) is 10.3 Å². The Kier molecular flexibility index (Phi) is 4.66. The molecular formula is C15H18N6O5S. The molecule has 0 bridgehead atoms. The summed E-state index contributed by atoms with van der Waals surface area (Å²) in [6.45, 7) is 3.53. The van der Waals surface area contributed by atoms with E-state index in [2.05, 4.69) is 20.2 Å². The summed E-state index contributed by atoms with van der Waals surface area (Å²) in [6.07, 6.45) is -0.534. The lowest BCUT2D eigenvalue weighted by Crippen LogP contribution is -2.36. The number of fused-ring (bicyclic) bond motifs is 1. The quantitative estimate of drug-likeness (QED) is 0.581. The number of morpholine rings is 1. The lowest BCUT2D eigenvalue weighted by atomic mass is 10.3. The fourth-order valence-electron chi connectivity index (χ4n) is 3.33. The first-order valence-corrected chi connectivity index (χ1v) is 9.36. The van der Waals surface area contributed by atoms with E-state index in [1.807, 2.05) is 0 Å². The first-order valence-electron chi connectivity index (χ1n) is 8.54. The van der Waals surface area contributed by atoms with Crippen molar-refractivity contribution in [1.82, 2.24) is 15.3 Å². The zero-order valence-corrected chi connectivity index (χ0v) is 15.1. The van der Waals surface area contributed by atoms with Crippen LogP contribution in [0.2, 0.25) is 0 Å². The lowest BCUT2D eigenvalue weighted by Gasteiger charge is -2.25. The summed E-state index contributed by atoms with van der Waals surface area (Å²) in [5, 5.41) is 23.6. The molecule has 0 aromatic carbocycles. The summed E-state index contributed by atoms with van der Waals surface area (Å²) in [7, 11) is 0. The van der Waals surface area contributed by atoms with E-state index in [1.165, 1.54) is 17.4 Å². The van der Waals surface area contributed by atoms with Crippen LogP contribution in [0.3, 0.4) is 0 Å². The van der Waals surface area contributed by atoms with Crippen LogP contribution in [0.4, 0.5) is 21.4 Å². The Morgan fingerprint density at radius 3 is 2.81 bits per heavy atom. The predicted octanol–water partition coefficient (Wildman–Crippen LogP) is 1.28. The van der Waals surface area contributed by atoms with Crippen LogP contribution in [0.15, 0.2) is 6.07 Å². The largest absolute Gasteiger partial charge is 0.465 e.